The number of benzene rings is 1. The van der Waals surface area contributed by atoms with Gasteiger partial charge in [-0.05, 0) is 11.6 Å². The molecule has 4 N–H and O–H groups in total. The topological polar surface area (TPSA) is 84.2 Å². The van der Waals surface area contributed by atoms with E-state index in [0.29, 0.717) is 24.7 Å². The van der Waals surface area contributed by atoms with Crippen molar-refractivity contribution >= 4 is 17.5 Å². The van der Waals surface area contributed by atoms with Crippen LogP contribution in [0.15, 0.2) is 24.3 Å². The molecule has 2 amide bonds. The monoisotopic (exact) mass is 263 g/mol. The van der Waals surface area contributed by atoms with Gasteiger partial charge in [0, 0.05) is 24.7 Å². The minimum absolute atomic E-state index is 0.0786. The first-order valence-corrected chi connectivity index (χ1v) is 6.38. The third-order valence-corrected chi connectivity index (χ3v) is 2.56. The number of carbonyl (C=O) groups is 2. The van der Waals surface area contributed by atoms with Crippen molar-refractivity contribution in [2.24, 2.45) is 5.73 Å². The highest BCUT2D eigenvalue weighted by Gasteiger charge is 2.08. The average molecular weight is 263 g/mol. The number of rotatable bonds is 7. The zero-order valence-corrected chi connectivity index (χ0v) is 11.4. The van der Waals surface area contributed by atoms with Crippen molar-refractivity contribution in [2.45, 2.75) is 32.7 Å². The van der Waals surface area contributed by atoms with Crippen LogP contribution < -0.4 is 16.4 Å². The summed E-state index contributed by atoms with van der Waals surface area (Å²) in [6.45, 7) is 4.68. The number of hydrogen-bond donors (Lipinski definition) is 3. The van der Waals surface area contributed by atoms with Crippen LogP contribution in [-0.4, -0.2) is 24.4 Å². The van der Waals surface area contributed by atoms with Crippen molar-refractivity contribution in [2.75, 3.05) is 11.9 Å². The molecule has 0 bridgehead atoms. The molecule has 0 saturated heterocycles. The zero-order chi connectivity index (χ0) is 14.3. The van der Waals surface area contributed by atoms with E-state index in [1.807, 2.05) is 26.0 Å². The highest BCUT2D eigenvalue weighted by molar-refractivity contribution is 5.92. The van der Waals surface area contributed by atoms with E-state index in [0.717, 1.165) is 5.56 Å². The Morgan fingerprint density at radius 3 is 2.58 bits per heavy atom. The van der Waals surface area contributed by atoms with Gasteiger partial charge < -0.3 is 16.4 Å². The second kappa shape index (κ2) is 7.53. The molecule has 5 heteroatoms. The molecule has 0 saturated carbocycles. The Labute approximate surface area is 113 Å². The molecule has 0 aliphatic heterocycles. The predicted octanol–water partition coefficient (Wildman–Crippen LogP) is 1.04. The maximum atomic E-state index is 11.8. The van der Waals surface area contributed by atoms with E-state index in [-0.39, 0.29) is 12.3 Å². The smallest absolute Gasteiger partial charge is 0.225 e. The first-order valence-electron chi connectivity index (χ1n) is 6.38. The molecule has 19 heavy (non-hydrogen) atoms. The lowest BCUT2D eigenvalue weighted by Gasteiger charge is -2.11. The Balaban J connectivity index is 2.56. The van der Waals surface area contributed by atoms with Gasteiger partial charge in [-0.25, -0.2) is 0 Å². The number of para-hydroxylation sites is 1. The first kappa shape index (κ1) is 15.2. The van der Waals surface area contributed by atoms with E-state index >= 15 is 0 Å². The van der Waals surface area contributed by atoms with E-state index in [4.69, 9.17) is 5.73 Å². The summed E-state index contributed by atoms with van der Waals surface area (Å²) in [7, 11) is 0. The molecule has 5 nitrogen and oxygen atoms in total. The maximum absolute atomic E-state index is 11.8. The van der Waals surface area contributed by atoms with Crippen LogP contribution in [0.2, 0.25) is 0 Å². The highest BCUT2D eigenvalue weighted by atomic mass is 16.2. The molecule has 0 spiro atoms. The minimum atomic E-state index is -0.414. The second-order valence-electron chi connectivity index (χ2n) is 4.71. The van der Waals surface area contributed by atoms with E-state index in [1.54, 1.807) is 12.1 Å². The van der Waals surface area contributed by atoms with Gasteiger partial charge in [-0.2, -0.15) is 0 Å². The van der Waals surface area contributed by atoms with Gasteiger partial charge in [0.15, 0.2) is 0 Å². The Kier molecular flexibility index (Phi) is 6.02. The van der Waals surface area contributed by atoms with Gasteiger partial charge in [0.05, 0.1) is 6.42 Å². The van der Waals surface area contributed by atoms with Gasteiger partial charge in [-0.1, -0.05) is 32.0 Å². The van der Waals surface area contributed by atoms with Crippen molar-refractivity contribution in [3.63, 3.8) is 0 Å². The van der Waals surface area contributed by atoms with Crippen LogP contribution in [0.1, 0.15) is 25.8 Å². The summed E-state index contributed by atoms with van der Waals surface area (Å²) in [5.74, 6) is -0.492. The van der Waals surface area contributed by atoms with E-state index in [9.17, 15) is 9.59 Å². The standard InChI is InChI=1S/C14H21N3O2/c1-10(2)16-8-7-14(19)17-12-6-4-3-5-11(12)9-13(15)18/h3-6,10,16H,7-9H2,1-2H3,(H2,15,18)(H,17,19). The van der Waals surface area contributed by atoms with E-state index < -0.39 is 5.91 Å². The second-order valence-corrected chi connectivity index (χ2v) is 4.71. The maximum Gasteiger partial charge on any atom is 0.225 e. The number of hydrogen-bond acceptors (Lipinski definition) is 3. The fraction of sp³-hybridized carbons (Fsp3) is 0.429. The number of nitrogens with two attached hydrogens (primary N) is 1. The zero-order valence-electron chi connectivity index (χ0n) is 11.4. The van der Waals surface area contributed by atoms with Crippen LogP contribution in [0.5, 0.6) is 0 Å². The van der Waals surface area contributed by atoms with Gasteiger partial charge in [-0.3, -0.25) is 9.59 Å². The molecular weight excluding hydrogens is 242 g/mol. The molecule has 0 aliphatic rings. The van der Waals surface area contributed by atoms with Crippen LogP contribution >= 0.6 is 0 Å². The molecule has 0 aliphatic carbocycles. The SMILES string of the molecule is CC(C)NCCC(=O)Nc1ccccc1CC(N)=O. The van der Waals surface area contributed by atoms with Gasteiger partial charge in [0.2, 0.25) is 11.8 Å². The first-order chi connectivity index (χ1) is 8.99. The Morgan fingerprint density at radius 2 is 1.95 bits per heavy atom. The van der Waals surface area contributed by atoms with Crippen LogP contribution in [-0.2, 0) is 16.0 Å². The fourth-order valence-corrected chi connectivity index (χ4v) is 1.67. The van der Waals surface area contributed by atoms with Crippen molar-refractivity contribution in [1.82, 2.24) is 5.32 Å². The molecule has 0 radical (unpaired) electrons. The molecule has 1 aromatic rings. The average Bonchev–Trinajstić information content (AvgIpc) is 2.30. The Morgan fingerprint density at radius 1 is 1.26 bits per heavy atom. The normalized spacial score (nSPS) is 10.5. The molecule has 104 valence electrons. The number of anilines is 1. The highest BCUT2D eigenvalue weighted by Crippen LogP contribution is 2.15. The van der Waals surface area contributed by atoms with Crippen LogP contribution in [0.4, 0.5) is 5.69 Å². The van der Waals surface area contributed by atoms with E-state index in [2.05, 4.69) is 10.6 Å². The molecular formula is C14H21N3O2. The summed E-state index contributed by atoms with van der Waals surface area (Å²) >= 11 is 0. The predicted molar refractivity (Wildman–Crippen MR) is 75.7 cm³/mol. The third kappa shape index (κ3) is 6.01. The van der Waals surface area contributed by atoms with Crippen molar-refractivity contribution in [1.29, 1.82) is 0 Å². The number of amides is 2. The lowest BCUT2D eigenvalue weighted by atomic mass is 10.1. The molecule has 0 fully saturated rings. The summed E-state index contributed by atoms with van der Waals surface area (Å²) < 4.78 is 0. The molecule has 0 aromatic heterocycles. The summed E-state index contributed by atoms with van der Waals surface area (Å²) in [5, 5.41) is 5.98. The number of nitrogens with one attached hydrogen (secondary N) is 2. The molecule has 0 heterocycles. The van der Waals surface area contributed by atoms with Crippen LogP contribution in [0, 0.1) is 0 Å². The summed E-state index contributed by atoms with van der Waals surface area (Å²) in [6, 6.07) is 7.54. The van der Waals surface area contributed by atoms with Crippen LogP contribution in [0.25, 0.3) is 0 Å². The Hall–Kier alpha value is -1.88. The minimum Gasteiger partial charge on any atom is -0.369 e. The third-order valence-electron chi connectivity index (χ3n) is 2.56. The molecule has 0 unspecified atom stereocenters. The van der Waals surface area contributed by atoms with Crippen molar-refractivity contribution in [3.05, 3.63) is 29.8 Å². The van der Waals surface area contributed by atoms with Gasteiger partial charge in [0.1, 0.15) is 0 Å². The summed E-state index contributed by atoms with van der Waals surface area (Å²) in [6.07, 6.45) is 0.518. The number of primary amides is 1. The fourth-order valence-electron chi connectivity index (χ4n) is 1.67. The number of carbonyl (C=O) groups excluding carboxylic acids is 2. The Bertz CT molecular complexity index is 444. The van der Waals surface area contributed by atoms with Gasteiger partial charge >= 0.3 is 0 Å². The largest absolute Gasteiger partial charge is 0.369 e. The van der Waals surface area contributed by atoms with Crippen molar-refractivity contribution in [3.8, 4) is 0 Å². The molecule has 1 rings (SSSR count). The lowest BCUT2D eigenvalue weighted by molar-refractivity contribution is -0.118. The summed E-state index contributed by atoms with van der Waals surface area (Å²) in [4.78, 5) is 22.7. The van der Waals surface area contributed by atoms with E-state index in [1.165, 1.54) is 0 Å². The van der Waals surface area contributed by atoms with Gasteiger partial charge in [-0.15, -0.1) is 0 Å². The van der Waals surface area contributed by atoms with Gasteiger partial charge in [0.25, 0.3) is 0 Å². The molecule has 0 atom stereocenters. The molecule has 1 aromatic carbocycles. The summed E-state index contributed by atoms with van der Waals surface area (Å²) in [5.41, 5.74) is 6.56. The van der Waals surface area contributed by atoms with Crippen LogP contribution in [0.3, 0.4) is 0 Å². The van der Waals surface area contributed by atoms with Crippen molar-refractivity contribution < 1.29 is 9.59 Å². The lowest BCUT2D eigenvalue weighted by Crippen LogP contribution is -2.27. The quantitative estimate of drug-likeness (QED) is 0.687.